The van der Waals surface area contributed by atoms with Crippen molar-refractivity contribution in [2.45, 2.75) is 6.18 Å². The predicted octanol–water partition coefficient (Wildman–Crippen LogP) is 3.13. The van der Waals surface area contributed by atoms with Gasteiger partial charge in [-0.1, -0.05) is 0 Å². The molecule has 0 aliphatic heterocycles. The van der Waals surface area contributed by atoms with Gasteiger partial charge in [0.25, 0.3) is 5.91 Å². The average molecular weight is 295 g/mol. The van der Waals surface area contributed by atoms with Gasteiger partial charge in [0.05, 0.1) is 11.1 Å². The number of halogens is 3. The van der Waals surface area contributed by atoms with Gasteiger partial charge in [0, 0.05) is 17.1 Å². The van der Waals surface area contributed by atoms with Gasteiger partial charge in [-0.05, 0) is 42.5 Å². The molecule has 1 amide bonds. The van der Waals surface area contributed by atoms with E-state index < -0.39 is 17.6 Å². The quantitative estimate of drug-likeness (QED) is 0.761. The van der Waals surface area contributed by atoms with Crippen molar-refractivity contribution in [1.82, 2.24) is 0 Å². The molecular weight excluding hydrogens is 283 g/mol. The van der Waals surface area contributed by atoms with Crippen LogP contribution in [0.15, 0.2) is 42.5 Å². The molecule has 0 spiro atoms. The monoisotopic (exact) mass is 295 g/mol. The summed E-state index contributed by atoms with van der Waals surface area (Å²) in [5.41, 5.74) is 11.4. The van der Waals surface area contributed by atoms with Gasteiger partial charge in [0.1, 0.15) is 0 Å². The molecule has 7 heteroatoms. The second-order valence-electron chi connectivity index (χ2n) is 4.37. The summed E-state index contributed by atoms with van der Waals surface area (Å²) in [6.45, 7) is 0. The number of carbonyl (C=O) groups is 1. The maximum Gasteiger partial charge on any atom is 0.416 e. The number of rotatable bonds is 3. The van der Waals surface area contributed by atoms with Crippen LogP contribution >= 0.6 is 0 Å². The highest BCUT2D eigenvalue weighted by Crippen LogP contribution is 2.30. The van der Waals surface area contributed by atoms with Crippen LogP contribution in [0.5, 0.6) is 0 Å². The van der Waals surface area contributed by atoms with Crippen LogP contribution in [-0.2, 0) is 6.18 Å². The van der Waals surface area contributed by atoms with Crippen molar-refractivity contribution in [3.63, 3.8) is 0 Å². The van der Waals surface area contributed by atoms with Crippen LogP contribution in [-0.4, -0.2) is 5.91 Å². The molecule has 2 rings (SSSR count). The molecule has 4 nitrogen and oxygen atoms in total. The van der Waals surface area contributed by atoms with Crippen LogP contribution in [0.3, 0.4) is 0 Å². The van der Waals surface area contributed by atoms with Gasteiger partial charge in [-0.3, -0.25) is 4.79 Å². The SMILES string of the molecule is NC(=O)c1cc(Nc2ccc(C(F)(F)F)cc2)ccc1N. The number of primary amides is 1. The van der Waals surface area contributed by atoms with Crippen molar-refractivity contribution >= 4 is 23.0 Å². The van der Waals surface area contributed by atoms with E-state index in [1.165, 1.54) is 24.3 Å². The van der Waals surface area contributed by atoms with Gasteiger partial charge in [-0.25, -0.2) is 0 Å². The van der Waals surface area contributed by atoms with E-state index >= 15 is 0 Å². The third-order valence-electron chi connectivity index (χ3n) is 2.82. The Balaban J connectivity index is 2.22. The highest BCUT2D eigenvalue weighted by molar-refractivity contribution is 5.99. The minimum absolute atomic E-state index is 0.145. The third kappa shape index (κ3) is 3.44. The Bertz CT molecular complexity index is 666. The molecule has 21 heavy (non-hydrogen) atoms. The van der Waals surface area contributed by atoms with Crippen molar-refractivity contribution in [1.29, 1.82) is 0 Å². The Hall–Kier alpha value is -2.70. The van der Waals surface area contributed by atoms with Crippen LogP contribution < -0.4 is 16.8 Å². The predicted molar refractivity (Wildman–Crippen MR) is 74.1 cm³/mol. The number of benzene rings is 2. The van der Waals surface area contributed by atoms with E-state index in [4.69, 9.17) is 11.5 Å². The lowest BCUT2D eigenvalue weighted by molar-refractivity contribution is -0.137. The first kappa shape index (κ1) is 14.7. The zero-order valence-electron chi connectivity index (χ0n) is 10.7. The zero-order valence-corrected chi connectivity index (χ0v) is 10.7. The van der Waals surface area contributed by atoms with Crippen molar-refractivity contribution in [3.05, 3.63) is 53.6 Å². The highest BCUT2D eigenvalue weighted by atomic mass is 19.4. The minimum atomic E-state index is -4.38. The third-order valence-corrected chi connectivity index (χ3v) is 2.82. The lowest BCUT2D eigenvalue weighted by atomic mass is 10.1. The number of alkyl halides is 3. The number of hydrogen-bond acceptors (Lipinski definition) is 3. The molecule has 2 aromatic carbocycles. The minimum Gasteiger partial charge on any atom is -0.398 e. The summed E-state index contributed by atoms with van der Waals surface area (Å²) in [5.74, 6) is -0.677. The molecule has 0 unspecified atom stereocenters. The lowest BCUT2D eigenvalue weighted by Gasteiger charge is -2.11. The smallest absolute Gasteiger partial charge is 0.398 e. The van der Waals surface area contributed by atoms with Gasteiger partial charge in [0.2, 0.25) is 0 Å². The second-order valence-corrected chi connectivity index (χ2v) is 4.37. The first-order valence-corrected chi connectivity index (χ1v) is 5.91. The van der Waals surface area contributed by atoms with Crippen molar-refractivity contribution in [3.8, 4) is 0 Å². The van der Waals surface area contributed by atoms with E-state index in [1.807, 2.05) is 0 Å². The zero-order chi connectivity index (χ0) is 15.6. The fourth-order valence-electron chi connectivity index (χ4n) is 1.76. The standard InChI is InChI=1S/C14H12F3N3O/c15-14(16,17)8-1-3-9(4-2-8)20-10-5-6-12(18)11(7-10)13(19)21/h1-7,20H,18H2,(H2,19,21). The van der Waals surface area contributed by atoms with Gasteiger partial charge in [-0.2, -0.15) is 13.2 Å². The fraction of sp³-hybridized carbons (Fsp3) is 0.0714. The number of carbonyl (C=O) groups excluding carboxylic acids is 1. The second kappa shape index (κ2) is 5.35. The van der Waals surface area contributed by atoms with E-state index in [0.29, 0.717) is 11.4 Å². The highest BCUT2D eigenvalue weighted by Gasteiger charge is 2.29. The van der Waals surface area contributed by atoms with Crippen molar-refractivity contribution < 1.29 is 18.0 Å². The maximum atomic E-state index is 12.4. The Labute approximate surface area is 118 Å². The molecule has 0 saturated carbocycles. The van der Waals surface area contributed by atoms with Crippen molar-refractivity contribution in [2.75, 3.05) is 11.1 Å². The van der Waals surface area contributed by atoms with Crippen LogP contribution in [0, 0.1) is 0 Å². The van der Waals surface area contributed by atoms with E-state index in [9.17, 15) is 18.0 Å². The molecule has 0 atom stereocenters. The normalized spacial score (nSPS) is 11.2. The molecule has 0 aromatic heterocycles. The van der Waals surface area contributed by atoms with E-state index in [0.717, 1.165) is 12.1 Å². The molecular formula is C14H12F3N3O. The molecule has 0 bridgehead atoms. The van der Waals surface area contributed by atoms with Gasteiger partial charge >= 0.3 is 6.18 Å². The summed E-state index contributed by atoms with van der Waals surface area (Å²) in [6, 6.07) is 9.05. The Morgan fingerprint density at radius 1 is 1.00 bits per heavy atom. The summed E-state index contributed by atoms with van der Waals surface area (Å²) < 4.78 is 37.3. The van der Waals surface area contributed by atoms with E-state index in [2.05, 4.69) is 5.32 Å². The van der Waals surface area contributed by atoms with E-state index in [-0.39, 0.29) is 11.3 Å². The first-order valence-electron chi connectivity index (χ1n) is 5.91. The number of hydrogen-bond donors (Lipinski definition) is 3. The number of nitrogen functional groups attached to an aromatic ring is 1. The molecule has 110 valence electrons. The Morgan fingerprint density at radius 2 is 1.57 bits per heavy atom. The van der Waals surface area contributed by atoms with Crippen LogP contribution in [0.25, 0.3) is 0 Å². The van der Waals surface area contributed by atoms with Gasteiger partial charge in [-0.15, -0.1) is 0 Å². The van der Waals surface area contributed by atoms with Crippen LogP contribution in [0.2, 0.25) is 0 Å². The lowest BCUT2D eigenvalue weighted by Crippen LogP contribution is -2.13. The Kier molecular flexibility index (Phi) is 3.75. The molecule has 0 radical (unpaired) electrons. The summed E-state index contributed by atoms with van der Waals surface area (Å²) in [4.78, 5) is 11.2. The molecule has 0 heterocycles. The van der Waals surface area contributed by atoms with Crippen LogP contribution in [0.1, 0.15) is 15.9 Å². The molecule has 5 N–H and O–H groups in total. The number of nitrogens with two attached hydrogens (primary N) is 2. The molecule has 2 aromatic rings. The first-order chi connectivity index (χ1) is 9.77. The van der Waals surface area contributed by atoms with E-state index in [1.54, 1.807) is 6.07 Å². The number of amides is 1. The van der Waals surface area contributed by atoms with Gasteiger partial charge in [0.15, 0.2) is 0 Å². The fourth-order valence-corrected chi connectivity index (χ4v) is 1.76. The summed E-state index contributed by atoms with van der Waals surface area (Å²) in [7, 11) is 0. The maximum absolute atomic E-state index is 12.4. The molecule has 0 aliphatic carbocycles. The number of anilines is 3. The topological polar surface area (TPSA) is 81.1 Å². The van der Waals surface area contributed by atoms with Gasteiger partial charge < -0.3 is 16.8 Å². The molecule has 0 saturated heterocycles. The Morgan fingerprint density at radius 3 is 2.10 bits per heavy atom. The largest absolute Gasteiger partial charge is 0.416 e. The van der Waals surface area contributed by atoms with Crippen LogP contribution in [0.4, 0.5) is 30.2 Å². The average Bonchev–Trinajstić information content (AvgIpc) is 2.40. The summed E-state index contributed by atoms with van der Waals surface area (Å²) in [5, 5.41) is 2.87. The molecule has 0 aliphatic rings. The number of nitrogens with one attached hydrogen (secondary N) is 1. The summed E-state index contributed by atoms with van der Waals surface area (Å²) in [6.07, 6.45) is -4.38. The van der Waals surface area contributed by atoms with Crippen molar-refractivity contribution in [2.24, 2.45) is 5.73 Å². The summed E-state index contributed by atoms with van der Waals surface area (Å²) >= 11 is 0. The molecule has 0 fully saturated rings.